The number of amides is 2. The molecule has 0 heterocycles. The molecule has 2 atom stereocenters. The quantitative estimate of drug-likeness (QED) is 0.250. The molecule has 0 radical (unpaired) electrons. The van der Waals surface area contributed by atoms with Gasteiger partial charge >= 0.3 is 0 Å². The Hall–Kier alpha value is -3.07. The summed E-state index contributed by atoms with van der Waals surface area (Å²) < 4.78 is 28.9. The van der Waals surface area contributed by atoms with Crippen molar-refractivity contribution in [3.8, 4) is 0 Å². The summed E-state index contributed by atoms with van der Waals surface area (Å²) in [6.07, 6.45) is 1.07. The first-order chi connectivity index (χ1) is 19.3. The third kappa shape index (κ3) is 8.47. The Morgan fingerprint density at radius 3 is 1.90 bits per heavy atom. The van der Waals surface area contributed by atoms with Gasteiger partial charge in [0.15, 0.2) is 0 Å². The first-order valence-corrected chi connectivity index (χ1v) is 15.8. The van der Waals surface area contributed by atoms with E-state index in [-0.39, 0.29) is 39.1 Å². The maximum absolute atomic E-state index is 14.1. The number of carbonyl (C=O) groups is 2. The number of carbonyl (C=O) groups excluding carboxylic acids is 2. The molecule has 0 aliphatic rings. The number of hydrogen-bond donors (Lipinski definition) is 1. The Labute approximate surface area is 253 Å². The van der Waals surface area contributed by atoms with Crippen molar-refractivity contribution in [1.82, 2.24) is 10.2 Å². The number of sulfonamides is 1. The van der Waals surface area contributed by atoms with Crippen molar-refractivity contribution < 1.29 is 18.0 Å². The van der Waals surface area contributed by atoms with Crippen LogP contribution in [-0.4, -0.2) is 43.8 Å². The molecule has 3 aromatic carbocycles. The highest BCUT2D eigenvalue weighted by Crippen LogP contribution is 2.30. The molecule has 41 heavy (non-hydrogen) atoms. The third-order valence-corrected chi connectivity index (χ3v) is 9.11. The maximum Gasteiger partial charge on any atom is 0.264 e. The maximum atomic E-state index is 14.1. The van der Waals surface area contributed by atoms with Gasteiger partial charge in [-0.3, -0.25) is 13.9 Å². The highest BCUT2D eigenvalue weighted by molar-refractivity contribution is 7.92. The van der Waals surface area contributed by atoms with Gasteiger partial charge in [-0.25, -0.2) is 8.42 Å². The van der Waals surface area contributed by atoms with Crippen molar-refractivity contribution >= 4 is 50.7 Å². The molecule has 7 nitrogen and oxygen atoms in total. The number of nitrogens with one attached hydrogen (secondary N) is 1. The molecule has 0 spiro atoms. The lowest BCUT2D eigenvalue weighted by atomic mass is 10.1. The predicted molar refractivity (Wildman–Crippen MR) is 166 cm³/mol. The summed E-state index contributed by atoms with van der Waals surface area (Å²) in [5, 5.41) is 3.42. The molecule has 0 saturated carbocycles. The van der Waals surface area contributed by atoms with Gasteiger partial charge in [-0.15, -0.1) is 0 Å². The minimum Gasteiger partial charge on any atom is -0.352 e. The van der Waals surface area contributed by atoms with Crippen LogP contribution in [0.15, 0.2) is 71.6 Å². The molecule has 0 fully saturated rings. The van der Waals surface area contributed by atoms with Crippen molar-refractivity contribution in [3.05, 3.63) is 93.5 Å². The summed E-state index contributed by atoms with van der Waals surface area (Å²) in [4.78, 5) is 29.0. The first kappa shape index (κ1) is 32.4. The van der Waals surface area contributed by atoms with Crippen LogP contribution in [0.4, 0.5) is 5.69 Å². The minimum absolute atomic E-state index is 0.0126. The molecule has 3 rings (SSSR count). The lowest BCUT2D eigenvalue weighted by Gasteiger charge is -2.33. The van der Waals surface area contributed by atoms with E-state index in [0.29, 0.717) is 6.42 Å². The van der Waals surface area contributed by atoms with E-state index < -0.39 is 28.5 Å². The van der Waals surface area contributed by atoms with Crippen molar-refractivity contribution in [2.24, 2.45) is 0 Å². The van der Waals surface area contributed by atoms with E-state index >= 15 is 0 Å². The first-order valence-electron chi connectivity index (χ1n) is 13.6. The number of benzene rings is 3. The fourth-order valence-electron chi connectivity index (χ4n) is 4.30. The second kappa shape index (κ2) is 14.2. The van der Waals surface area contributed by atoms with Crippen LogP contribution in [0.5, 0.6) is 0 Å². The number of rotatable bonds is 12. The van der Waals surface area contributed by atoms with Crippen LogP contribution < -0.4 is 9.62 Å². The summed E-state index contributed by atoms with van der Waals surface area (Å²) in [5.74, 6) is -0.829. The fraction of sp³-hybridized carbons (Fsp3) is 0.355. The van der Waals surface area contributed by atoms with Crippen LogP contribution in [0.2, 0.25) is 10.0 Å². The van der Waals surface area contributed by atoms with E-state index in [2.05, 4.69) is 5.32 Å². The number of halogens is 2. The van der Waals surface area contributed by atoms with Crippen molar-refractivity contribution in [1.29, 1.82) is 0 Å². The Bertz CT molecular complexity index is 1440. The fourth-order valence-corrected chi connectivity index (χ4v) is 6.21. The number of anilines is 1. The molecule has 0 aliphatic heterocycles. The SMILES string of the molecule is CCC(C)NC(=O)C(CC)N(Cc1ccc(C)cc1)C(=O)CN(c1cc(Cl)cc(Cl)c1)S(=O)(=O)c1ccc(C)cc1. The van der Waals surface area contributed by atoms with Gasteiger partial charge in [0.1, 0.15) is 12.6 Å². The Morgan fingerprint density at radius 1 is 0.854 bits per heavy atom. The summed E-state index contributed by atoms with van der Waals surface area (Å²) in [5.41, 5.74) is 2.91. The van der Waals surface area contributed by atoms with Crippen LogP contribution >= 0.6 is 23.2 Å². The molecular formula is C31H37Cl2N3O4S. The van der Waals surface area contributed by atoms with Gasteiger partial charge in [-0.2, -0.15) is 0 Å². The predicted octanol–water partition coefficient (Wildman–Crippen LogP) is 6.53. The minimum atomic E-state index is -4.22. The van der Waals surface area contributed by atoms with Gasteiger partial charge in [0.2, 0.25) is 11.8 Å². The Balaban J connectivity index is 2.09. The lowest BCUT2D eigenvalue weighted by molar-refractivity contribution is -0.140. The van der Waals surface area contributed by atoms with E-state index in [1.54, 1.807) is 12.1 Å². The zero-order valence-electron chi connectivity index (χ0n) is 24.0. The number of hydrogen-bond acceptors (Lipinski definition) is 4. The van der Waals surface area contributed by atoms with Gasteiger partial charge in [0, 0.05) is 22.6 Å². The van der Waals surface area contributed by atoms with Crippen LogP contribution in [-0.2, 0) is 26.2 Å². The number of nitrogens with zero attached hydrogens (tertiary/aromatic N) is 2. The molecule has 0 aliphatic carbocycles. The summed E-state index contributed by atoms with van der Waals surface area (Å²) in [6, 6.07) is 17.5. The molecule has 0 saturated heterocycles. The molecular weight excluding hydrogens is 581 g/mol. The largest absolute Gasteiger partial charge is 0.352 e. The highest BCUT2D eigenvalue weighted by Gasteiger charge is 2.34. The number of aryl methyl sites for hydroxylation is 2. The summed E-state index contributed by atoms with van der Waals surface area (Å²) in [6.45, 7) is 9.07. The topological polar surface area (TPSA) is 86.8 Å². The van der Waals surface area contributed by atoms with Crippen molar-refractivity contribution in [2.45, 2.75) is 71.0 Å². The van der Waals surface area contributed by atoms with Crippen molar-refractivity contribution in [2.75, 3.05) is 10.8 Å². The van der Waals surface area contributed by atoms with Crippen LogP contribution in [0.1, 0.15) is 50.3 Å². The average molecular weight is 619 g/mol. The monoisotopic (exact) mass is 617 g/mol. The van der Waals surface area contributed by atoms with Crippen LogP contribution in [0.3, 0.4) is 0 Å². The van der Waals surface area contributed by atoms with E-state index in [1.165, 1.54) is 35.2 Å². The smallest absolute Gasteiger partial charge is 0.264 e. The van der Waals surface area contributed by atoms with Gasteiger partial charge < -0.3 is 10.2 Å². The van der Waals surface area contributed by atoms with Gasteiger partial charge in [0.25, 0.3) is 10.0 Å². The van der Waals surface area contributed by atoms with Crippen LogP contribution in [0, 0.1) is 13.8 Å². The highest BCUT2D eigenvalue weighted by atomic mass is 35.5. The normalized spacial score (nSPS) is 12.9. The molecule has 1 N–H and O–H groups in total. The lowest BCUT2D eigenvalue weighted by Crippen LogP contribution is -2.53. The summed E-state index contributed by atoms with van der Waals surface area (Å²) >= 11 is 12.5. The van der Waals surface area contributed by atoms with E-state index in [4.69, 9.17) is 23.2 Å². The molecule has 2 unspecified atom stereocenters. The van der Waals surface area contributed by atoms with Crippen LogP contribution in [0.25, 0.3) is 0 Å². The molecule has 3 aromatic rings. The second-order valence-corrected chi connectivity index (χ2v) is 12.9. The van der Waals surface area contributed by atoms with Gasteiger partial charge in [-0.1, -0.05) is 84.6 Å². The Morgan fingerprint density at radius 2 is 1.39 bits per heavy atom. The molecule has 10 heteroatoms. The van der Waals surface area contributed by atoms with E-state index in [9.17, 15) is 18.0 Å². The summed E-state index contributed by atoms with van der Waals surface area (Å²) in [7, 11) is -4.22. The average Bonchev–Trinajstić information content (AvgIpc) is 2.92. The standard InChI is InChI=1S/C31H37Cl2N3O4S/c1-6-23(5)34-31(38)29(7-2)35(19-24-12-8-21(3)9-13-24)30(37)20-36(27-17-25(32)16-26(33)18-27)41(39,40)28-14-10-22(4)11-15-28/h8-18,23,29H,6-7,19-20H2,1-5H3,(H,34,38). The molecule has 0 aromatic heterocycles. The molecule has 220 valence electrons. The third-order valence-electron chi connectivity index (χ3n) is 6.88. The van der Waals surface area contributed by atoms with Gasteiger partial charge in [-0.05, 0) is 69.5 Å². The van der Waals surface area contributed by atoms with E-state index in [0.717, 1.165) is 27.4 Å². The van der Waals surface area contributed by atoms with Crippen molar-refractivity contribution in [3.63, 3.8) is 0 Å². The molecule has 2 amide bonds. The zero-order chi connectivity index (χ0) is 30.3. The Kier molecular flexibility index (Phi) is 11.2. The second-order valence-electron chi connectivity index (χ2n) is 10.2. The van der Waals surface area contributed by atoms with E-state index in [1.807, 2.05) is 58.9 Å². The van der Waals surface area contributed by atoms with Gasteiger partial charge in [0.05, 0.1) is 10.6 Å². The zero-order valence-corrected chi connectivity index (χ0v) is 26.4. The molecule has 0 bridgehead atoms.